The molecule has 0 bridgehead atoms. The molecule has 0 atom stereocenters. The van der Waals surface area contributed by atoms with Gasteiger partial charge in [-0.1, -0.05) is 19.9 Å². The number of benzene rings is 1. The van der Waals surface area contributed by atoms with Gasteiger partial charge in [0.25, 0.3) is 5.91 Å². The Kier molecular flexibility index (Phi) is 9.55. The molecule has 4 N–H and O–H groups in total. The SMILES string of the molecule is CCC(CC)(CN)C(=O)NCCNC(=O)c1ccc(C)c(F)c1.Cl. The molecule has 0 saturated heterocycles. The van der Waals surface area contributed by atoms with E-state index in [1.165, 1.54) is 6.07 Å². The van der Waals surface area contributed by atoms with Crippen LogP contribution in [0.25, 0.3) is 0 Å². The molecule has 2 amide bonds. The first-order valence-corrected chi connectivity index (χ1v) is 7.93. The van der Waals surface area contributed by atoms with E-state index in [-0.39, 0.29) is 36.3 Å². The molecule has 0 unspecified atom stereocenters. The topological polar surface area (TPSA) is 84.2 Å². The maximum Gasteiger partial charge on any atom is 0.251 e. The highest BCUT2D eigenvalue weighted by molar-refractivity contribution is 5.94. The van der Waals surface area contributed by atoms with Crippen LogP contribution >= 0.6 is 12.4 Å². The average molecular weight is 360 g/mol. The summed E-state index contributed by atoms with van der Waals surface area (Å²) in [6, 6.07) is 4.33. The number of hydrogen-bond acceptors (Lipinski definition) is 3. The predicted molar refractivity (Wildman–Crippen MR) is 95.8 cm³/mol. The molecule has 5 nitrogen and oxygen atoms in total. The van der Waals surface area contributed by atoms with Gasteiger partial charge in [-0.25, -0.2) is 4.39 Å². The molecule has 0 aliphatic rings. The van der Waals surface area contributed by atoms with Gasteiger partial charge in [-0.15, -0.1) is 12.4 Å². The van der Waals surface area contributed by atoms with Crippen LogP contribution in [0.4, 0.5) is 4.39 Å². The second kappa shape index (κ2) is 10.3. The monoisotopic (exact) mass is 359 g/mol. The van der Waals surface area contributed by atoms with Crippen molar-refractivity contribution in [2.45, 2.75) is 33.6 Å². The Morgan fingerprint density at radius 3 is 2.25 bits per heavy atom. The van der Waals surface area contributed by atoms with Gasteiger partial charge in [0, 0.05) is 25.2 Å². The number of aryl methyl sites for hydroxylation is 1. The van der Waals surface area contributed by atoms with Crippen molar-refractivity contribution in [1.82, 2.24) is 10.6 Å². The summed E-state index contributed by atoms with van der Waals surface area (Å²) in [5.41, 5.74) is 5.92. The molecule has 0 aliphatic carbocycles. The van der Waals surface area contributed by atoms with Crippen LogP contribution in [-0.2, 0) is 4.79 Å². The van der Waals surface area contributed by atoms with E-state index in [1.54, 1.807) is 19.1 Å². The number of nitrogens with two attached hydrogens (primary N) is 1. The zero-order chi connectivity index (χ0) is 17.5. The van der Waals surface area contributed by atoms with Crippen LogP contribution in [-0.4, -0.2) is 31.4 Å². The molecule has 1 rings (SSSR count). The fourth-order valence-corrected chi connectivity index (χ4v) is 2.33. The van der Waals surface area contributed by atoms with E-state index < -0.39 is 11.2 Å². The van der Waals surface area contributed by atoms with E-state index in [0.29, 0.717) is 31.5 Å². The average Bonchev–Trinajstić information content (AvgIpc) is 2.56. The molecule has 0 fully saturated rings. The van der Waals surface area contributed by atoms with E-state index in [0.717, 1.165) is 0 Å². The Balaban J connectivity index is 0.00000529. The second-order valence-corrected chi connectivity index (χ2v) is 5.67. The number of amides is 2. The smallest absolute Gasteiger partial charge is 0.251 e. The Bertz CT molecular complexity index is 555. The van der Waals surface area contributed by atoms with Crippen molar-refractivity contribution in [3.05, 3.63) is 35.1 Å². The van der Waals surface area contributed by atoms with Crippen molar-refractivity contribution in [3.8, 4) is 0 Å². The van der Waals surface area contributed by atoms with Gasteiger partial charge >= 0.3 is 0 Å². The highest BCUT2D eigenvalue weighted by Crippen LogP contribution is 2.24. The van der Waals surface area contributed by atoms with Gasteiger partial charge in [-0.3, -0.25) is 9.59 Å². The van der Waals surface area contributed by atoms with Crippen molar-refractivity contribution in [3.63, 3.8) is 0 Å². The molecular weight excluding hydrogens is 333 g/mol. The highest BCUT2D eigenvalue weighted by Gasteiger charge is 2.32. The van der Waals surface area contributed by atoms with E-state index in [1.807, 2.05) is 13.8 Å². The number of hydrogen-bond donors (Lipinski definition) is 3. The lowest BCUT2D eigenvalue weighted by Crippen LogP contribution is -2.47. The van der Waals surface area contributed by atoms with Gasteiger partial charge in [0.05, 0.1) is 5.41 Å². The van der Waals surface area contributed by atoms with Crippen LogP contribution in [0, 0.1) is 18.2 Å². The Morgan fingerprint density at radius 2 is 1.75 bits per heavy atom. The minimum Gasteiger partial charge on any atom is -0.354 e. The molecule has 0 aromatic heterocycles. The molecule has 1 aromatic rings. The largest absolute Gasteiger partial charge is 0.354 e. The standard InChI is InChI=1S/C17H26FN3O2.ClH/c1-4-17(5-2,11-19)16(23)21-9-8-20-15(22)13-7-6-12(3)14(18)10-13;/h6-7,10H,4-5,8-9,11,19H2,1-3H3,(H,20,22)(H,21,23);1H. The summed E-state index contributed by atoms with van der Waals surface area (Å²) in [6.45, 7) is 6.38. The summed E-state index contributed by atoms with van der Waals surface area (Å²) >= 11 is 0. The number of carbonyl (C=O) groups excluding carboxylic acids is 2. The van der Waals surface area contributed by atoms with Crippen molar-refractivity contribution in [1.29, 1.82) is 0 Å². The molecule has 24 heavy (non-hydrogen) atoms. The summed E-state index contributed by atoms with van der Waals surface area (Å²) in [5, 5.41) is 5.45. The van der Waals surface area contributed by atoms with Crippen molar-refractivity contribution >= 4 is 24.2 Å². The summed E-state index contributed by atoms with van der Waals surface area (Å²) in [4.78, 5) is 24.1. The van der Waals surface area contributed by atoms with Crippen molar-refractivity contribution < 1.29 is 14.0 Å². The third-order valence-electron chi connectivity index (χ3n) is 4.36. The lowest BCUT2D eigenvalue weighted by Gasteiger charge is -2.28. The molecule has 0 spiro atoms. The maximum absolute atomic E-state index is 13.4. The summed E-state index contributed by atoms with van der Waals surface area (Å²) in [5.74, 6) is -0.876. The van der Waals surface area contributed by atoms with Crippen LogP contribution in [0.1, 0.15) is 42.6 Å². The normalized spacial score (nSPS) is 10.7. The van der Waals surface area contributed by atoms with Gasteiger partial charge in [-0.2, -0.15) is 0 Å². The van der Waals surface area contributed by atoms with Gasteiger partial charge in [-0.05, 0) is 37.5 Å². The summed E-state index contributed by atoms with van der Waals surface area (Å²) in [7, 11) is 0. The van der Waals surface area contributed by atoms with Crippen LogP contribution in [0.2, 0.25) is 0 Å². The number of nitrogens with one attached hydrogen (secondary N) is 2. The molecule has 7 heteroatoms. The lowest BCUT2D eigenvalue weighted by molar-refractivity contribution is -0.130. The van der Waals surface area contributed by atoms with E-state index in [2.05, 4.69) is 10.6 Å². The van der Waals surface area contributed by atoms with Gasteiger partial charge < -0.3 is 16.4 Å². The molecular formula is C17H27ClFN3O2. The summed E-state index contributed by atoms with van der Waals surface area (Å²) in [6.07, 6.45) is 1.33. The first-order chi connectivity index (χ1) is 10.9. The first-order valence-electron chi connectivity index (χ1n) is 7.93. The molecule has 0 aliphatic heterocycles. The van der Waals surface area contributed by atoms with E-state index >= 15 is 0 Å². The predicted octanol–water partition coefficient (Wildman–Crippen LogP) is 2.17. The fraction of sp³-hybridized carbons (Fsp3) is 0.529. The molecule has 0 heterocycles. The first kappa shape index (κ1) is 22.3. The van der Waals surface area contributed by atoms with Gasteiger partial charge in [0.2, 0.25) is 5.91 Å². The van der Waals surface area contributed by atoms with Gasteiger partial charge in [0.15, 0.2) is 0 Å². The maximum atomic E-state index is 13.4. The molecule has 1 aromatic carbocycles. The Hall–Kier alpha value is -1.66. The minimum absolute atomic E-state index is 0. The molecule has 0 saturated carbocycles. The van der Waals surface area contributed by atoms with Crippen LogP contribution in [0.5, 0.6) is 0 Å². The van der Waals surface area contributed by atoms with Crippen LogP contribution in [0.15, 0.2) is 18.2 Å². The van der Waals surface area contributed by atoms with Crippen LogP contribution in [0.3, 0.4) is 0 Å². The molecule has 136 valence electrons. The zero-order valence-corrected chi connectivity index (χ0v) is 15.3. The van der Waals surface area contributed by atoms with E-state index in [9.17, 15) is 14.0 Å². The second-order valence-electron chi connectivity index (χ2n) is 5.67. The number of carbonyl (C=O) groups is 2. The minimum atomic E-state index is -0.551. The van der Waals surface area contributed by atoms with Crippen molar-refractivity contribution in [2.75, 3.05) is 19.6 Å². The third-order valence-corrected chi connectivity index (χ3v) is 4.36. The highest BCUT2D eigenvalue weighted by atomic mass is 35.5. The number of halogens is 2. The Labute approximate surface area is 149 Å². The fourth-order valence-electron chi connectivity index (χ4n) is 2.33. The summed E-state index contributed by atoms with van der Waals surface area (Å²) < 4.78 is 13.4. The van der Waals surface area contributed by atoms with Gasteiger partial charge in [0.1, 0.15) is 5.82 Å². The number of rotatable bonds is 8. The zero-order valence-electron chi connectivity index (χ0n) is 14.4. The molecule has 0 radical (unpaired) electrons. The lowest BCUT2D eigenvalue weighted by atomic mass is 9.81. The quantitative estimate of drug-likeness (QED) is 0.622. The third kappa shape index (κ3) is 5.46. The van der Waals surface area contributed by atoms with Crippen molar-refractivity contribution in [2.24, 2.45) is 11.1 Å². The van der Waals surface area contributed by atoms with E-state index in [4.69, 9.17) is 5.73 Å². The Morgan fingerprint density at radius 1 is 1.17 bits per heavy atom. The van der Waals surface area contributed by atoms with Crippen LogP contribution < -0.4 is 16.4 Å².